The predicted octanol–water partition coefficient (Wildman–Crippen LogP) is 3.61. The van der Waals surface area contributed by atoms with E-state index in [4.69, 9.17) is 5.26 Å². The van der Waals surface area contributed by atoms with E-state index in [1.807, 2.05) is 19.1 Å². The monoisotopic (exact) mass is 175 g/mol. The molecule has 0 aromatic carbocycles. The lowest BCUT2D eigenvalue weighted by atomic mass is 9.83. The maximum Gasteiger partial charge on any atom is 0.0994 e. The summed E-state index contributed by atoms with van der Waals surface area (Å²) < 4.78 is 0. The largest absolute Gasteiger partial charge is 0.192 e. The van der Waals surface area contributed by atoms with Crippen LogP contribution < -0.4 is 0 Å². The molecule has 0 unspecified atom stereocenters. The molecule has 0 amide bonds. The van der Waals surface area contributed by atoms with Crippen LogP contribution in [0, 0.1) is 16.7 Å². The van der Waals surface area contributed by atoms with E-state index in [0.717, 1.165) is 5.57 Å². The molecule has 13 heavy (non-hydrogen) atoms. The van der Waals surface area contributed by atoms with Gasteiger partial charge in [-0.1, -0.05) is 39.5 Å². The molecule has 0 aliphatic carbocycles. The smallest absolute Gasteiger partial charge is 0.0994 e. The van der Waals surface area contributed by atoms with Gasteiger partial charge in [0.15, 0.2) is 0 Å². The SMILES string of the molecule is C=C(/C(C#N)=C\C=C/C)C(C)(C)C. The van der Waals surface area contributed by atoms with Gasteiger partial charge in [0, 0.05) is 0 Å². The summed E-state index contributed by atoms with van der Waals surface area (Å²) in [6.07, 6.45) is 5.55. The highest BCUT2D eigenvalue weighted by atomic mass is 14.3. The first kappa shape index (κ1) is 11.7. The number of hydrogen-bond acceptors (Lipinski definition) is 1. The van der Waals surface area contributed by atoms with E-state index in [1.54, 1.807) is 6.08 Å². The van der Waals surface area contributed by atoms with Crippen molar-refractivity contribution >= 4 is 0 Å². The molecule has 0 N–H and O–H groups in total. The molecule has 0 fully saturated rings. The zero-order valence-electron chi connectivity index (χ0n) is 8.89. The fourth-order valence-corrected chi connectivity index (χ4v) is 0.802. The quantitative estimate of drug-likeness (QED) is 0.464. The van der Waals surface area contributed by atoms with Crippen molar-refractivity contribution in [1.29, 1.82) is 5.26 Å². The minimum atomic E-state index is -0.0385. The molecule has 0 aliphatic rings. The van der Waals surface area contributed by atoms with Crippen molar-refractivity contribution in [2.45, 2.75) is 27.7 Å². The fraction of sp³-hybridized carbons (Fsp3) is 0.417. The van der Waals surface area contributed by atoms with Gasteiger partial charge in [-0.2, -0.15) is 5.26 Å². The van der Waals surface area contributed by atoms with Crippen LogP contribution in [0.3, 0.4) is 0 Å². The average molecular weight is 175 g/mol. The summed E-state index contributed by atoms with van der Waals surface area (Å²) in [5, 5.41) is 8.87. The molecule has 0 bridgehead atoms. The van der Waals surface area contributed by atoms with Gasteiger partial charge in [0.05, 0.1) is 11.6 Å². The third-order valence-corrected chi connectivity index (χ3v) is 1.81. The molecule has 0 aromatic heterocycles. The predicted molar refractivity (Wildman–Crippen MR) is 57.1 cm³/mol. The molecule has 70 valence electrons. The first-order chi connectivity index (χ1) is 5.93. The summed E-state index contributed by atoms with van der Waals surface area (Å²) in [5.74, 6) is 0. The van der Waals surface area contributed by atoms with Gasteiger partial charge >= 0.3 is 0 Å². The van der Waals surface area contributed by atoms with Crippen LogP contribution in [0.5, 0.6) is 0 Å². The van der Waals surface area contributed by atoms with E-state index in [-0.39, 0.29) is 5.41 Å². The van der Waals surface area contributed by atoms with Crippen molar-refractivity contribution in [3.63, 3.8) is 0 Å². The van der Waals surface area contributed by atoms with E-state index < -0.39 is 0 Å². The van der Waals surface area contributed by atoms with E-state index in [1.165, 1.54) is 0 Å². The first-order valence-electron chi connectivity index (χ1n) is 4.36. The highest BCUT2D eigenvalue weighted by molar-refractivity contribution is 5.44. The molecule has 0 spiro atoms. The molecule has 0 atom stereocenters. The highest BCUT2D eigenvalue weighted by Crippen LogP contribution is 2.29. The van der Waals surface area contributed by atoms with Crippen molar-refractivity contribution in [3.05, 3.63) is 36.0 Å². The summed E-state index contributed by atoms with van der Waals surface area (Å²) in [5.41, 5.74) is 1.50. The van der Waals surface area contributed by atoms with Gasteiger partial charge in [0.1, 0.15) is 0 Å². The van der Waals surface area contributed by atoms with Crippen LogP contribution in [-0.2, 0) is 0 Å². The summed E-state index contributed by atoms with van der Waals surface area (Å²) in [4.78, 5) is 0. The first-order valence-corrected chi connectivity index (χ1v) is 4.36. The van der Waals surface area contributed by atoms with Gasteiger partial charge in [-0.25, -0.2) is 0 Å². The van der Waals surface area contributed by atoms with Crippen LogP contribution in [0.15, 0.2) is 36.0 Å². The van der Waals surface area contributed by atoms with Crippen LogP contribution in [0.2, 0.25) is 0 Å². The van der Waals surface area contributed by atoms with E-state index >= 15 is 0 Å². The number of allylic oxidation sites excluding steroid dienone is 5. The molecular weight excluding hydrogens is 158 g/mol. The summed E-state index contributed by atoms with van der Waals surface area (Å²) in [7, 11) is 0. The van der Waals surface area contributed by atoms with Gasteiger partial charge < -0.3 is 0 Å². The Morgan fingerprint density at radius 3 is 2.23 bits per heavy atom. The van der Waals surface area contributed by atoms with Crippen LogP contribution in [0.1, 0.15) is 27.7 Å². The second-order valence-electron chi connectivity index (χ2n) is 3.95. The molecule has 0 radical (unpaired) electrons. The lowest BCUT2D eigenvalue weighted by molar-refractivity contribution is 0.515. The maximum atomic E-state index is 8.87. The lowest BCUT2D eigenvalue weighted by Crippen LogP contribution is -2.09. The fourth-order valence-electron chi connectivity index (χ4n) is 0.802. The normalized spacial score (nSPS) is 13.0. The summed E-state index contributed by atoms with van der Waals surface area (Å²) in [6, 6.07) is 2.15. The Bertz CT molecular complexity index is 279. The van der Waals surface area contributed by atoms with Crippen molar-refractivity contribution in [3.8, 4) is 6.07 Å². The molecule has 0 aromatic rings. The number of nitrogens with zero attached hydrogens (tertiary/aromatic N) is 1. The molecule has 0 heterocycles. The van der Waals surface area contributed by atoms with Crippen molar-refractivity contribution in [2.24, 2.45) is 5.41 Å². The van der Waals surface area contributed by atoms with Crippen LogP contribution in [0.25, 0.3) is 0 Å². The zero-order chi connectivity index (χ0) is 10.5. The Hall–Kier alpha value is -1.29. The number of rotatable bonds is 2. The minimum absolute atomic E-state index is 0.0385. The topological polar surface area (TPSA) is 23.8 Å². The van der Waals surface area contributed by atoms with Crippen LogP contribution in [0.4, 0.5) is 0 Å². The second kappa shape index (κ2) is 4.67. The maximum absolute atomic E-state index is 8.87. The van der Waals surface area contributed by atoms with Gasteiger partial charge in [0.2, 0.25) is 0 Å². The molecule has 0 rings (SSSR count). The summed E-state index contributed by atoms with van der Waals surface area (Å²) >= 11 is 0. The average Bonchev–Trinajstić information content (AvgIpc) is 2.04. The molecule has 1 nitrogen and oxygen atoms in total. The summed E-state index contributed by atoms with van der Waals surface area (Å²) in [6.45, 7) is 12.0. The van der Waals surface area contributed by atoms with Crippen molar-refractivity contribution in [2.75, 3.05) is 0 Å². The molecule has 1 heteroatoms. The minimum Gasteiger partial charge on any atom is -0.192 e. The van der Waals surface area contributed by atoms with Gasteiger partial charge in [0.25, 0.3) is 0 Å². The number of hydrogen-bond donors (Lipinski definition) is 0. The number of nitriles is 1. The third-order valence-electron chi connectivity index (χ3n) is 1.81. The lowest BCUT2D eigenvalue weighted by Gasteiger charge is -2.20. The van der Waals surface area contributed by atoms with E-state index in [9.17, 15) is 0 Å². The van der Waals surface area contributed by atoms with Gasteiger partial charge in [-0.15, -0.1) is 0 Å². The van der Waals surface area contributed by atoms with Crippen molar-refractivity contribution < 1.29 is 0 Å². The zero-order valence-corrected chi connectivity index (χ0v) is 8.89. The molecule has 0 saturated heterocycles. The molecule has 0 aliphatic heterocycles. The Balaban J connectivity index is 4.84. The Kier molecular flexibility index (Phi) is 4.20. The van der Waals surface area contributed by atoms with Crippen molar-refractivity contribution in [1.82, 2.24) is 0 Å². The van der Waals surface area contributed by atoms with E-state index in [0.29, 0.717) is 5.57 Å². The Morgan fingerprint density at radius 2 is 1.92 bits per heavy atom. The van der Waals surface area contributed by atoms with Gasteiger partial charge in [-0.05, 0) is 24.0 Å². The standard InChI is InChI=1S/C12H17N/c1-6-7-8-11(9-13)10(2)12(3,4)5/h6-8H,2H2,1,3-5H3/b7-6-,11-8-. The highest BCUT2D eigenvalue weighted by Gasteiger charge is 2.17. The van der Waals surface area contributed by atoms with Crippen LogP contribution in [-0.4, -0.2) is 0 Å². The molecule has 0 saturated carbocycles. The third kappa shape index (κ3) is 3.75. The molecular formula is C12H17N. The van der Waals surface area contributed by atoms with E-state index in [2.05, 4.69) is 33.4 Å². The second-order valence-corrected chi connectivity index (χ2v) is 3.95. The van der Waals surface area contributed by atoms with Gasteiger partial charge in [-0.3, -0.25) is 0 Å². The Morgan fingerprint density at radius 1 is 1.38 bits per heavy atom. The van der Waals surface area contributed by atoms with Crippen LogP contribution >= 0.6 is 0 Å². The Labute approximate surface area is 81.1 Å².